The van der Waals surface area contributed by atoms with Crippen LogP contribution in [0.15, 0.2) is 42.0 Å². The number of thiazole rings is 1. The molecule has 140 valence electrons. The number of nitrogens with zero attached hydrogens (tertiary/aromatic N) is 4. The van der Waals surface area contributed by atoms with Gasteiger partial charge in [0.15, 0.2) is 5.13 Å². The second-order valence-corrected chi connectivity index (χ2v) is 7.84. The molecule has 1 amide bonds. The molecule has 1 aliphatic rings. The minimum atomic E-state index is -0.0760. The highest BCUT2D eigenvalue weighted by atomic mass is 32.1. The number of amides is 1. The van der Waals surface area contributed by atoms with Gasteiger partial charge in [0.05, 0.1) is 17.9 Å². The molecule has 0 bridgehead atoms. The average Bonchev–Trinajstić information content (AvgIpc) is 3.36. The smallest absolute Gasteiger partial charge is 0.223 e. The summed E-state index contributed by atoms with van der Waals surface area (Å²) in [4.78, 5) is 18.3. The molecule has 6 nitrogen and oxygen atoms in total. The van der Waals surface area contributed by atoms with Gasteiger partial charge in [-0.15, -0.1) is 11.3 Å². The Balaban J connectivity index is 1.45. The third kappa shape index (κ3) is 4.09. The van der Waals surface area contributed by atoms with Gasteiger partial charge in [0.1, 0.15) is 0 Å². The van der Waals surface area contributed by atoms with E-state index in [-0.39, 0.29) is 5.91 Å². The van der Waals surface area contributed by atoms with Gasteiger partial charge in [-0.2, -0.15) is 5.10 Å². The first kappa shape index (κ1) is 17.9. The Morgan fingerprint density at radius 1 is 1.30 bits per heavy atom. The fourth-order valence-electron chi connectivity index (χ4n) is 3.60. The van der Waals surface area contributed by atoms with Crippen LogP contribution in [-0.4, -0.2) is 32.1 Å². The molecule has 0 unspecified atom stereocenters. The zero-order chi connectivity index (χ0) is 18.8. The number of benzene rings is 1. The molecule has 1 aliphatic heterocycles. The maximum absolute atomic E-state index is 11.2. The van der Waals surface area contributed by atoms with Crippen LogP contribution in [0.25, 0.3) is 11.1 Å². The van der Waals surface area contributed by atoms with E-state index in [1.165, 1.54) is 35.8 Å². The summed E-state index contributed by atoms with van der Waals surface area (Å²) in [5.41, 5.74) is 4.68. The quantitative estimate of drug-likeness (QED) is 0.729. The highest BCUT2D eigenvalue weighted by Crippen LogP contribution is 2.34. The van der Waals surface area contributed by atoms with Gasteiger partial charge in [-0.1, -0.05) is 24.3 Å². The van der Waals surface area contributed by atoms with E-state index < -0.39 is 0 Å². The van der Waals surface area contributed by atoms with Crippen molar-refractivity contribution in [1.82, 2.24) is 19.7 Å². The second kappa shape index (κ2) is 7.62. The molecule has 2 aromatic heterocycles. The highest BCUT2D eigenvalue weighted by molar-refractivity contribution is 7.13. The van der Waals surface area contributed by atoms with Gasteiger partial charge in [-0.05, 0) is 30.5 Å². The van der Waals surface area contributed by atoms with Crippen LogP contribution < -0.4 is 5.32 Å². The van der Waals surface area contributed by atoms with Gasteiger partial charge in [0.25, 0.3) is 0 Å². The number of aromatic nitrogens is 3. The van der Waals surface area contributed by atoms with Crippen LogP contribution in [0.3, 0.4) is 0 Å². The molecule has 1 aromatic carbocycles. The van der Waals surface area contributed by atoms with Gasteiger partial charge < -0.3 is 5.32 Å². The third-order valence-corrected chi connectivity index (χ3v) is 5.66. The number of carbonyl (C=O) groups excluding carboxylic acids is 1. The zero-order valence-corrected chi connectivity index (χ0v) is 16.4. The van der Waals surface area contributed by atoms with Gasteiger partial charge in [-0.3, -0.25) is 14.4 Å². The van der Waals surface area contributed by atoms with Crippen LogP contribution >= 0.6 is 11.3 Å². The topological polar surface area (TPSA) is 63.1 Å². The summed E-state index contributed by atoms with van der Waals surface area (Å²) in [6.07, 6.45) is 6.20. The first-order chi connectivity index (χ1) is 13.1. The lowest BCUT2D eigenvalue weighted by atomic mass is 10.1. The van der Waals surface area contributed by atoms with Crippen molar-refractivity contribution in [3.05, 3.63) is 53.3 Å². The molecule has 0 spiro atoms. The molecule has 1 fully saturated rings. The average molecular weight is 382 g/mol. The number of likely N-dealkylation sites (tertiary alicyclic amines) is 1. The molecular formula is C20H23N5OS. The predicted octanol–water partition coefficient (Wildman–Crippen LogP) is 3.84. The summed E-state index contributed by atoms with van der Waals surface area (Å²) in [5, 5.41) is 9.77. The molecule has 1 saturated heterocycles. The summed E-state index contributed by atoms with van der Waals surface area (Å²) >= 11 is 1.50. The Labute approximate surface area is 162 Å². The molecule has 0 aliphatic carbocycles. The largest absolute Gasteiger partial charge is 0.302 e. The molecule has 0 saturated carbocycles. The molecule has 0 radical (unpaired) electrons. The lowest BCUT2D eigenvalue weighted by molar-refractivity contribution is -0.114. The molecule has 4 rings (SSSR count). The van der Waals surface area contributed by atoms with Crippen molar-refractivity contribution in [2.24, 2.45) is 7.05 Å². The molecule has 1 atom stereocenters. The summed E-state index contributed by atoms with van der Waals surface area (Å²) in [7, 11) is 1.93. The van der Waals surface area contributed by atoms with E-state index in [0.29, 0.717) is 11.2 Å². The van der Waals surface area contributed by atoms with E-state index in [9.17, 15) is 4.79 Å². The lowest BCUT2D eigenvalue weighted by Gasteiger charge is -2.23. The van der Waals surface area contributed by atoms with Crippen molar-refractivity contribution in [2.45, 2.75) is 32.4 Å². The standard InChI is InChI=1S/C20H23N5OS/c1-14(26)22-20-23-18(13-27-20)19-4-3-9-25(19)11-15-5-7-16(8-6-15)17-10-21-24(2)12-17/h5-8,10,12-13,19H,3-4,9,11H2,1-2H3,(H,22,23,26)/t19-/m1/s1. The summed E-state index contributed by atoms with van der Waals surface area (Å²) in [6.45, 7) is 3.49. The Morgan fingerprint density at radius 2 is 2.11 bits per heavy atom. The van der Waals surface area contributed by atoms with E-state index in [1.54, 1.807) is 0 Å². The van der Waals surface area contributed by atoms with Crippen molar-refractivity contribution in [3.8, 4) is 11.1 Å². The van der Waals surface area contributed by atoms with Crippen molar-refractivity contribution in [2.75, 3.05) is 11.9 Å². The summed E-state index contributed by atoms with van der Waals surface area (Å²) in [5.74, 6) is -0.0760. The molecule has 3 heterocycles. The molecule has 1 N–H and O–H groups in total. The lowest BCUT2D eigenvalue weighted by Crippen LogP contribution is -2.23. The maximum atomic E-state index is 11.2. The Kier molecular flexibility index (Phi) is 5.05. The van der Waals surface area contributed by atoms with Gasteiger partial charge in [0, 0.05) is 37.7 Å². The molecule has 3 aromatic rings. The van der Waals surface area contributed by atoms with Crippen molar-refractivity contribution in [3.63, 3.8) is 0 Å². The monoisotopic (exact) mass is 381 g/mol. The Morgan fingerprint density at radius 3 is 2.81 bits per heavy atom. The number of hydrogen-bond donors (Lipinski definition) is 1. The predicted molar refractivity (Wildman–Crippen MR) is 107 cm³/mol. The fourth-order valence-corrected chi connectivity index (χ4v) is 4.41. The number of aryl methyl sites for hydroxylation is 1. The van der Waals surface area contributed by atoms with E-state index in [0.717, 1.165) is 30.8 Å². The number of carbonyl (C=O) groups is 1. The molecular weight excluding hydrogens is 358 g/mol. The Bertz CT molecular complexity index is 930. The van der Waals surface area contributed by atoms with E-state index >= 15 is 0 Å². The first-order valence-corrected chi connectivity index (χ1v) is 10.0. The third-order valence-electron chi connectivity index (χ3n) is 4.89. The number of hydrogen-bond acceptors (Lipinski definition) is 5. The van der Waals surface area contributed by atoms with E-state index in [1.807, 2.05) is 24.1 Å². The van der Waals surface area contributed by atoms with Crippen LogP contribution in [0.5, 0.6) is 0 Å². The molecule has 27 heavy (non-hydrogen) atoms. The van der Waals surface area contributed by atoms with Gasteiger partial charge in [-0.25, -0.2) is 4.98 Å². The van der Waals surface area contributed by atoms with Gasteiger partial charge in [0.2, 0.25) is 5.91 Å². The van der Waals surface area contributed by atoms with Crippen LogP contribution in [0.1, 0.15) is 37.1 Å². The van der Waals surface area contributed by atoms with Crippen LogP contribution in [0.2, 0.25) is 0 Å². The van der Waals surface area contributed by atoms with Crippen LogP contribution in [-0.2, 0) is 18.4 Å². The summed E-state index contributed by atoms with van der Waals surface area (Å²) < 4.78 is 1.82. The molecule has 7 heteroatoms. The van der Waals surface area contributed by atoms with Crippen LogP contribution in [0.4, 0.5) is 5.13 Å². The minimum Gasteiger partial charge on any atom is -0.302 e. The van der Waals surface area contributed by atoms with Crippen molar-refractivity contribution < 1.29 is 4.79 Å². The van der Waals surface area contributed by atoms with Crippen molar-refractivity contribution >= 4 is 22.4 Å². The summed E-state index contributed by atoms with van der Waals surface area (Å²) in [6, 6.07) is 9.04. The number of nitrogens with one attached hydrogen (secondary N) is 1. The Hall–Kier alpha value is -2.51. The maximum Gasteiger partial charge on any atom is 0.223 e. The number of rotatable bonds is 5. The first-order valence-electron chi connectivity index (χ1n) is 9.13. The van der Waals surface area contributed by atoms with Crippen molar-refractivity contribution in [1.29, 1.82) is 0 Å². The van der Waals surface area contributed by atoms with E-state index in [4.69, 9.17) is 0 Å². The minimum absolute atomic E-state index is 0.0760. The number of anilines is 1. The SMILES string of the molecule is CC(=O)Nc1nc([C@H]2CCCN2Cc2ccc(-c3cnn(C)c3)cc2)cs1. The fraction of sp³-hybridized carbons (Fsp3) is 0.350. The highest BCUT2D eigenvalue weighted by Gasteiger charge is 2.28. The zero-order valence-electron chi connectivity index (χ0n) is 15.6. The van der Waals surface area contributed by atoms with Gasteiger partial charge >= 0.3 is 0 Å². The second-order valence-electron chi connectivity index (χ2n) is 6.99. The normalized spacial score (nSPS) is 17.3. The van der Waals surface area contributed by atoms with E-state index in [2.05, 4.69) is 49.9 Å². The van der Waals surface area contributed by atoms with Crippen LogP contribution in [0, 0.1) is 0 Å².